The van der Waals surface area contributed by atoms with E-state index in [1.807, 2.05) is 0 Å². The van der Waals surface area contributed by atoms with E-state index in [9.17, 15) is 0 Å². The number of benzene rings is 2. The predicted octanol–water partition coefficient (Wildman–Crippen LogP) is 5.54. The first-order valence-corrected chi connectivity index (χ1v) is 9.91. The average Bonchev–Trinajstić information content (AvgIpc) is 2.49. The molecule has 0 amide bonds. The van der Waals surface area contributed by atoms with Crippen LogP contribution in [0.25, 0.3) is 0 Å². The van der Waals surface area contributed by atoms with E-state index in [-0.39, 0.29) is 6.70 Å². The highest BCUT2D eigenvalue weighted by molar-refractivity contribution is 8.05. The van der Waals surface area contributed by atoms with Crippen LogP contribution in [0.15, 0.2) is 60.7 Å². The highest BCUT2D eigenvalue weighted by Gasteiger charge is 2.20. The van der Waals surface area contributed by atoms with E-state index in [0.717, 1.165) is 12.3 Å². The molecule has 0 N–H and O–H groups in total. The third-order valence-corrected chi connectivity index (χ3v) is 6.50. The Morgan fingerprint density at radius 1 is 0.750 bits per heavy atom. The van der Waals surface area contributed by atoms with E-state index in [0.29, 0.717) is 11.8 Å². The second-order valence-electron chi connectivity index (χ2n) is 5.47. The molecule has 0 saturated carbocycles. The Morgan fingerprint density at radius 3 is 1.45 bits per heavy atom. The Balaban J connectivity index is 1.90. The third kappa shape index (κ3) is 4.51. The van der Waals surface area contributed by atoms with E-state index >= 15 is 0 Å². The van der Waals surface area contributed by atoms with Gasteiger partial charge >= 0.3 is 0 Å². The van der Waals surface area contributed by atoms with Crippen molar-refractivity contribution in [1.29, 1.82) is 0 Å². The SMILES string of the molecule is CC(C[P+](=S)CC(C)c1ccccc1)c1ccccc1. The fourth-order valence-electron chi connectivity index (χ4n) is 2.46. The maximum atomic E-state index is 5.75. The molecule has 0 radical (unpaired) electrons. The molecular weight excluding hydrogens is 279 g/mol. The molecule has 0 saturated heterocycles. The molecule has 0 spiro atoms. The maximum absolute atomic E-state index is 5.75. The van der Waals surface area contributed by atoms with E-state index < -0.39 is 0 Å². The van der Waals surface area contributed by atoms with Crippen LogP contribution in [0, 0.1) is 0 Å². The summed E-state index contributed by atoms with van der Waals surface area (Å²) in [6, 6.07) is 21.5. The molecule has 20 heavy (non-hydrogen) atoms. The largest absolute Gasteiger partial charge is 0.176 e. The van der Waals surface area contributed by atoms with Crippen molar-refractivity contribution in [2.75, 3.05) is 12.3 Å². The van der Waals surface area contributed by atoms with Gasteiger partial charge in [-0.2, -0.15) is 0 Å². The van der Waals surface area contributed by atoms with Crippen molar-refractivity contribution in [3.05, 3.63) is 71.8 Å². The molecular formula is C18H22PS+. The van der Waals surface area contributed by atoms with Gasteiger partial charge in [-0.25, -0.2) is 0 Å². The zero-order valence-corrected chi connectivity index (χ0v) is 13.9. The molecule has 0 fully saturated rings. The van der Waals surface area contributed by atoms with Gasteiger partial charge in [0.05, 0.1) is 0 Å². The summed E-state index contributed by atoms with van der Waals surface area (Å²) in [7, 11) is 0. The zero-order chi connectivity index (χ0) is 14.4. The maximum Gasteiger partial charge on any atom is 0.176 e. The van der Waals surface area contributed by atoms with Crippen LogP contribution in [0.3, 0.4) is 0 Å². The standard InChI is InChI=1S/C18H22PS/c1-15(17-9-5-3-6-10-17)13-19(20)14-16(2)18-11-7-4-8-12-18/h3-12,15-16H,13-14H2,1-2H3/q+1. The van der Waals surface area contributed by atoms with Gasteiger partial charge in [-0.15, -0.1) is 0 Å². The van der Waals surface area contributed by atoms with Crippen molar-refractivity contribution in [3.63, 3.8) is 0 Å². The monoisotopic (exact) mass is 301 g/mol. The lowest BCUT2D eigenvalue weighted by Crippen LogP contribution is -2.01. The summed E-state index contributed by atoms with van der Waals surface area (Å²) in [5.74, 6) is 1.14. The minimum atomic E-state index is -0.323. The first-order valence-electron chi connectivity index (χ1n) is 7.18. The van der Waals surface area contributed by atoms with Crippen LogP contribution in [0.2, 0.25) is 0 Å². The zero-order valence-electron chi connectivity index (χ0n) is 12.2. The van der Waals surface area contributed by atoms with Gasteiger partial charge in [0.2, 0.25) is 0 Å². The topological polar surface area (TPSA) is 0 Å². The van der Waals surface area contributed by atoms with Crippen LogP contribution in [0.1, 0.15) is 36.8 Å². The highest BCUT2D eigenvalue weighted by Crippen LogP contribution is 2.34. The Morgan fingerprint density at radius 2 is 1.10 bits per heavy atom. The van der Waals surface area contributed by atoms with E-state index in [4.69, 9.17) is 11.8 Å². The molecule has 0 aliphatic rings. The van der Waals surface area contributed by atoms with Gasteiger partial charge in [-0.05, 0) is 11.1 Å². The Kier molecular flexibility index (Phi) is 5.88. The minimum Gasteiger partial charge on any atom is -0.0622 e. The van der Waals surface area contributed by atoms with E-state index in [1.165, 1.54) is 11.1 Å². The number of hydrogen-bond acceptors (Lipinski definition) is 1. The summed E-state index contributed by atoms with van der Waals surface area (Å²) in [6.45, 7) is 4.27. The first-order chi connectivity index (χ1) is 9.66. The molecule has 2 aromatic carbocycles. The van der Waals surface area contributed by atoms with Gasteiger partial charge in [0.25, 0.3) is 0 Å². The summed E-state index contributed by atoms with van der Waals surface area (Å²) in [5.41, 5.74) is 2.83. The molecule has 0 heterocycles. The molecule has 2 aromatic rings. The highest BCUT2D eigenvalue weighted by atomic mass is 32.4. The van der Waals surface area contributed by atoms with Gasteiger partial charge in [0, 0.05) is 11.8 Å². The molecule has 2 rings (SSSR count). The van der Waals surface area contributed by atoms with E-state index in [1.54, 1.807) is 0 Å². The summed E-state index contributed by atoms with van der Waals surface area (Å²) >= 11 is 5.75. The van der Waals surface area contributed by atoms with E-state index in [2.05, 4.69) is 74.5 Å². The second-order valence-corrected chi connectivity index (χ2v) is 8.71. The Hall–Kier alpha value is -1.04. The van der Waals surface area contributed by atoms with Crippen molar-refractivity contribution in [3.8, 4) is 0 Å². The van der Waals surface area contributed by atoms with Gasteiger partial charge in [0.15, 0.2) is 18.5 Å². The normalized spacial score (nSPS) is 14.6. The molecule has 104 valence electrons. The third-order valence-electron chi connectivity index (χ3n) is 3.69. The van der Waals surface area contributed by atoms with Crippen molar-refractivity contribution >= 4 is 18.5 Å². The van der Waals surface area contributed by atoms with Crippen molar-refractivity contribution in [1.82, 2.24) is 0 Å². The molecule has 0 bridgehead atoms. The van der Waals surface area contributed by atoms with Crippen LogP contribution < -0.4 is 0 Å². The van der Waals surface area contributed by atoms with Crippen LogP contribution in [0.4, 0.5) is 0 Å². The molecule has 0 aliphatic carbocycles. The van der Waals surface area contributed by atoms with Crippen molar-refractivity contribution in [2.45, 2.75) is 25.7 Å². The number of rotatable bonds is 6. The van der Waals surface area contributed by atoms with Gasteiger partial charge in [-0.1, -0.05) is 74.5 Å². The van der Waals surface area contributed by atoms with Crippen molar-refractivity contribution < 1.29 is 0 Å². The predicted molar refractivity (Wildman–Crippen MR) is 93.7 cm³/mol. The Labute approximate surface area is 128 Å². The fourth-order valence-corrected chi connectivity index (χ4v) is 5.59. The first kappa shape index (κ1) is 15.4. The molecule has 2 atom stereocenters. The average molecular weight is 301 g/mol. The van der Waals surface area contributed by atoms with Crippen molar-refractivity contribution in [2.24, 2.45) is 0 Å². The lowest BCUT2D eigenvalue weighted by Gasteiger charge is -2.10. The lowest BCUT2D eigenvalue weighted by molar-refractivity contribution is 0.851. The molecule has 2 unspecified atom stereocenters. The molecule has 0 nitrogen and oxygen atoms in total. The number of hydrogen-bond donors (Lipinski definition) is 0. The summed E-state index contributed by atoms with van der Waals surface area (Å²) in [6.07, 6.45) is 2.29. The smallest absolute Gasteiger partial charge is 0.0622 e. The molecule has 0 aromatic heterocycles. The summed E-state index contributed by atoms with van der Waals surface area (Å²) < 4.78 is 0. The lowest BCUT2D eigenvalue weighted by atomic mass is 10.0. The van der Waals surface area contributed by atoms with Crippen LogP contribution >= 0.6 is 6.70 Å². The molecule has 0 aliphatic heterocycles. The summed E-state index contributed by atoms with van der Waals surface area (Å²) in [5, 5.41) is 0. The van der Waals surface area contributed by atoms with Crippen LogP contribution in [-0.2, 0) is 11.8 Å². The van der Waals surface area contributed by atoms with Gasteiger partial charge < -0.3 is 0 Å². The van der Waals surface area contributed by atoms with Crippen LogP contribution in [0.5, 0.6) is 0 Å². The van der Waals surface area contributed by atoms with Crippen LogP contribution in [-0.4, -0.2) is 12.3 Å². The summed E-state index contributed by atoms with van der Waals surface area (Å²) in [4.78, 5) is 0. The van der Waals surface area contributed by atoms with Gasteiger partial charge in [-0.3, -0.25) is 0 Å². The van der Waals surface area contributed by atoms with Gasteiger partial charge in [0.1, 0.15) is 12.3 Å². The fraction of sp³-hybridized carbons (Fsp3) is 0.333. The quantitative estimate of drug-likeness (QED) is 0.631. The minimum absolute atomic E-state index is 0.323. The molecule has 2 heteroatoms. The second kappa shape index (κ2) is 7.67. The Bertz CT molecular complexity index is 486.